The zero-order valence-corrected chi connectivity index (χ0v) is 12.0. The van der Waals surface area contributed by atoms with E-state index in [0.717, 1.165) is 5.39 Å². The van der Waals surface area contributed by atoms with Gasteiger partial charge >= 0.3 is 11.6 Å². The Bertz CT molecular complexity index is 739. The van der Waals surface area contributed by atoms with Crippen LogP contribution in [0.4, 0.5) is 0 Å². The zero-order valence-electron chi connectivity index (χ0n) is 11.2. The molecule has 1 aromatic carbocycles. The van der Waals surface area contributed by atoms with Gasteiger partial charge < -0.3 is 14.8 Å². The van der Waals surface area contributed by atoms with E-state index in [2.05, 4.69) is 5.32 Å². The number of aliphatic carboxylic acids is 1. The van der Waals surface area contributed by atoms with Gasteiger partial charge in [-0.1, -0.05) is 18.2 Å². The van der Waals surface area contributed by atoms with Crippen molar-refractivity contribution in [2.45, 2.75) is 17.9 Å². The van der Waals surface area contributed by atoms with Crippen molar-refractivity contribution >= 4 is 34.6 Å². The van der Waals surface area contributed by atoms with Crippen LogP contribution >= 0.6 is 11.8 Å². The summed E-state index contributed by atoms with van der Waals surface area (Å²) in [6.45, 7) is 1.26. The first-order chi connectivity index (χ1) is 9.97. The van der Waals surface area contributed by atoms with Crippen molar-refractivity contribution in [2.75, 3.05) is 5.75 Å². The van der Waals surface area contributed by atoms with Crippen LogP contribution in [0.2, 0.25) is 0 Å². The predicted molar refractivity (Wildman–Crippen MR) is 78.4 cm³/mol. The summed E-state index contributed by atoms with van der Waals surface area (Å²) in [5, 5.41) is 12.1. The fourth-order valence-electron chi connectivity index (χ4n) is 1.79. The molecule has 2 aromatic rings. The molecule has 0 bridgehead atoms. The van der Waals surface area contributed by atoms with Gasteiger partial charge in [0.1, 0.15) is 11.6 Å². The number of rotatable bonds is 5. The number of carboxylic acids is 1. The summed E-state index contributed by atoms with van der Waals surface area (Å²) in [5.74, 6) is -1.42. The molecule has 1 heterocycles. The summed E-state index contributed by atoms with van der Waals surface area (Å²) in [5.41, 5.74) is -0.0542. The van der Waals surface area contributed by atoms with Crippen LogP contribution in [-0.2, 0) is 9.59 Å². The molecule has 0 spiro atoms. The van der Waals surface area contributed by atoms with Gasteiger partial charge in [-0.25, -0.2) is 9.59 Å². The zero-order chi connectivity index (χ0) is 15.4. The van der Waals surface area contributed by atoms with Gasteiger partial charge in [0.25, 0.3) is 0 Å². The van der Waals surface area contributed by atoms with E-state index in [9.17, 15) is 14.4 Å². The number of hydrogen-bond acceptors (Lipinski definition) is 5. The van der Waals surface area contributed by atoms with Crippen LogP contribution in [0.25, 0.3) is 11.0 Å². The van der Waals surface area contributed by atoms with Crippen LogP contribution < -0.4 is 10.9 Å². The molecule has 2 N–H and O–H groups in total. The monoisotopic (exact) mass is 307 g/mol. The summed E-state index contributed by atoms with van der Waals surface area (Å²) in [6, 6.07) is 7.31. The molecule has 0 aliphatic rings. The quantitative estimate of drug-likeness (QED) is 0.641. The molecule has 0 unspecified atom stereocenters. The number of hydrogen-bond donors (Lipinski definition) is 2. The number of para-hydroxylation sites is 1. The third-order valence-corrected chi connectivity index (χ3v) is 3.84. The first kappa shape index (κ1) is 15.1. The normalized spacial score (nSPS) is 12.0. The molecular weight excluding hydrogens is 294 g/mol. The highest BCUT2D eigenvalue weighted by atomic mass is 32.2. The minimum Gasteiger partial charge on any atom is -0.480 e. The van der Waals surface area contributed by atoms with Crippen LogP contribution in [-0.4, -0.2) is 28.8 Å². The van der Waals surface area contributed by atoms with E-state index in [1.807, 2.05) is 0 Å². The first-order valence-electron chi connectivity index (χ1n) is 6.13. The maximum absolute atomic E-state index is 11.5. The second-order valence-electron chi connectivity index (χ2n) is 4.33. The van der Waals surface area contributed by atoms with Gasteiger partial charge in [0.05, 0.1) is 0 Å². The lowest BCUT2D eigenvalue weighted by molar-refractivity contribution is -0.140. The fourth-order valence-corrected chi connectivity index (χ4v) is 2.87. The Morgan fingerprint density at radius 1 is 1.38 bits per heavy atom. The molecule has 0 saturated carbocycles. The summed E-state index contributed by atoms with van der Waals surface area (Å²) in [6.07, 6.45) is 0. The van der Waals surface area contributed by atoms with Gasteiger partial charge in [0.15, 0.2) is 0 Å². The maximum atomic E-state index is 11.5. The largest absolute Gasteiger partial charge is 0.480 e. The lowest BCUT2D eigenvalue weighted by atomic mass is 10.2. The van der Waals surface area contributed by atoms with Crippen molar-refractivity contribution < 1.29 is 19.1 Å². The van der Waals surface area contributed by atoms with Crippen molar-refractivity contribution in [3.63, 3.8) is 0 Å². The number of carbonyl (C=O) groups excluding carboxylic acids is 1. The summed E-state index contributed by atoms with van der Waals surface area (Å²) < 4.78 is 5.07. The summed E-state index contributed by atoms with van der Waals surface area (Å²) in [4.78, 5) is 34.2. The van der Waals surface area contributed by atoms with E-state index in [0.29, 0.717) is 10.5 Å². The van der Waals surface area contributed by atoms with E-state index >= 15 is 0 Å². The highest BCUT2D eigenvalue weighted by Gasteiger charge is 2.19. The molecule has 0 aliphatic carbocycles. The average molecular weight is 307 g/mol. The Morgan fingerprint density at radius 3 is 2.76 bits per heavy atom. The second kappa shape index (κ2) is 6.45. The molecule has 0 saturated heterocycles. The number of carbonyl (C=O) groups is 2. The molecular formula is C14H13NO5S. The summed E-state index contributed by atoms with van der Waals surface area (Å²) in [7, 11) is 0. The van der Waals surface area contributed by atoms with E-state index in [1.54, 1.807) is 24.3 Å². The van der Waals surface area contributed by atoms with Gasteiger partial charge in [-0.05, 0) is 6.07 Å². The lowest BCUT2D eigenvalue weighted by Gasteiger charge is -2.13. The van der Waals surface area contributed by atoms with Gasteiger partial charge in [-0.3, -0.25) is 4.79 Å². The first-order valence-corrected chi connectivity index (χ1v) is 7.11. The molecule has 1 aromatic heterocycles. The van der Waals surface area contributed by atoms with Gasteiger partial charge in [-0.2, -0.15) is 0 Å². The Labute approximate surface area is 124 Å². The molecule has 110 valence electrons. The van der Waals surface area contributed by atoms with Gasteiger partial charge in [0.2, 0.25) is 5.91 Å². The number of benzene rings is 1. The number of amides is 1. The van der Waals surface area contributed by atoms with Gasteiger partial charge in [-0.15, -0.1) is 11.8 Å². The van der Waals surface area contributed by atoms with Crippen LogP contribution in [0.15, 0.2) is 44.4 Å². The van der Waals surface area contributed by atoms with Crippen LogP contribution in [0.3, 0.4) is 0 Å². The SMILES string of the molecule is CC(=O)N[C@@H](CSc1cc(=O)oc2ccccc12)C(=O)O. The number of thioether (sulfide) groups is 1. The van der Waals surface area contributed by atoms with Crippen molar-refractivity contribution in [1.82, 2.24) is 5.32 Å². The van der Waals surface area contributed by atoms with Gasteiger partial charge in [0, 0.05) is 29.0 Å². The maximum Gasteiger partial charge on any atom is 0.337 e. The predicted octanol–water partition coefficient (Wildman–Crippen LogP) is 1.47. The average Bonchev–Trinajstić information content (AvgIpc) is 2.42. The van der Waals surface area contributed by atoms with E-state index < -0.39 is 23.5 Å². The van der Waals surface area contributed by atoms with Crippen molar-refractivity contribution in [1.29, 1.82) is 0 Å². The standard InChI is InChI=1S/C14H13NO5S/c1-8(16)15-10(14(18)19)7-21-12-6-13(17)20-11-5-3-2-4-9(11)12/h2-6,10H,7H2,1H3,(H,15,16)(H,18,19)/t10-/m0/s1. The molecule has 1 amide bonds. The van der Waals surface area contributed by atoms with Crippen molar-refractivity contribution in [3.8, 4) is 0 Å². The fraction of sp³-hybridized carbons (Fsp3) is 0.214. The Balaban J connectivity index is 2.25. The third-order valence-electron chi connectivity index (χ3n) is 2.69. The summed E-state index contributed by atoms with van der Waals surface area (Å²) >= 11 is 1.19. The molecule has 6 nitrogen and oxygen atoms in total. The molecule has 1 atom stereocenters. The van der Waals surface area contributed by atoms with E-state index in [-0.39, 0.29) is 5.75 Å². The van der Waals surface area contributed by atoms with Crippen LogP contribution in [0, 0.1) is 0 Å². The topological polar surface area (TPSA) is 96.6 Å². The second-order valence-corrected chi connectivity index (χ2v) is 5.39. The molecule has 0 aliphatic heterocycles. The van der Waals surface area contributed by atoms with Crippen molar-refractivity contribution in [3.05, 3.63) is 40.8 Å². The Hall–Kier alpha value is -2.28. The minimum absolute atomic E-state index is 0.113. The molecule has 7 heteroatoms. The van der Waals surface area contributed by atoms with Crippen LogP contribution in [0.5, 0.6) is 0 Å². The minimum atomic E-state index is -1.12. The molecule has 21 heavy (non-hydrogen) atoms. The van der Waals surface area contributed by atoms with Crippen LogP contribution in [0.1, 0.15) is 6.92 Å². The Morgan fingerprint density at radius 2 is 2.10 bits per heavy atom. The number of carboxylic acid groups (broad SMARTS) is 1. The lowest BCUT2D eigenvalue weighted by Crippen LogP contribution is -2.41. The van der Waals surface area contributed by atoms with E-state index in [4.69, 9.17) is 9.52 Å². The number of nitrogens with one attached hydrogen (secondary N) is 1. The number of fused-ring (bicyclic) bond motifs is 1. The highest BCUT2D eigenvalue weighted by Crippen LogP contribution is 2.26. The molecule has 0 radical (unpaired) electrons. The molecule has 0 fully saturated rings. The Kier molecular flexibility index (Phi) is 4.64. The molecule has 2 rings (SSSR count). The van der Waals surface area contributed by atoms with Crippen molar-refractivity contribution in [2.24, 2.45) is 0 Å². The van der Waals surface area contributed by atoms with E-state index in [1.165, 1.54) is 24.8 Å². The third kappa shape index (κ3) is 3.85. The smallest absolute Gasteiger partial charge is 0.337 e. The highest BCUT2D eigenvalue weighted by molar-refractivity contribution is 7.99.